The van der Waals surface area contributed by atoms with E-state index in [1.807, 2.05) is 13.8 Å². The van der Waals surface area contributed by atoms with Gasteiger partial charge >= 0.3 is 0 Å². The summed E-state index contributed by atoms with van der Waals surface area (Å²) in [5, 5.41) is 3.96. The van der Waals surface area contributed by atoms with Crippen molar-refractivity contribution in [3.8, 4) is 0 Å². The molecule has 1 aliphatic rings. The van der Waals surface area contributed by atoms with Crippen molar-refractivity contribution in [3.63, 3.8) is 0 Å². The van der Waals surface area contributed by atoms with Crippen molar-refractivity contribution in [1.82, 2.24) is 15.0 Å². The summed E-state index contributed by atoms with van der Waals surface area (Å²) < 4.78 is 5.30. The summed E-state index contributed by atoms with van der Waals surface area (Å²) in [6, 6.07) is 0.630. The van der Waals surface area contributed by atoms with E-state index in [1.54, 1.807) is 0 Å². The molecule has 1 aromatic heterocycles. The quantitative estimate of drug-likeness (QED) is 0.926. The maximum Gasteiger partial charge on any atom is 0.240 e. The summed E-state index contributed by atoms with van der Waals surface area (Å²) in [5.74, 6) is 2.06. The predicted octanol–water partition coefficient (Wildman–Crippen LogP) is 2.70. The number of aromatic nitrogens is 2. The second-order valence-corrected chi connectivity index (χ2v) is 6.57. The van der Waals surface area contributed by atoms with Crippen LogP contribution in [0.15, 0.2) is 4.52 Å². The lowest BCUT2D eigenvalue weighted by Crippen LogP contribution is -2.35. The van der Waals surface area contributed by atoms with E-state index in [2.05, 4.69) is 29.0 Å². The summed E-state index contributed by atoms with van der Waals surface area (Å²) in [6.07, 6.45) is 5.21. The molecule has 1 aliphatic carbocycles. The van der Waals surface area contributed by atoms with E-state index >= 15 is 0 Å². The van der Waals surface area contributed by atoms with Crippen molar-refractivity contribution in [1.29, 1.82) is 0 Å². The molecule has 2 rings (SSSR count). The summed E-state index contributed by atoms with van der Waals surface area (Å²) in [5.41, 5.74) is 5.42. The van der Waals surface area contributed by atoms with Crippen LogP contribution in [-0.2, 0) is 12.1 Å². The van der Waals surface area contributed by atoms with Crippen LogP contribution in [-0.4, -0.2) is 28.1 Å². The van der Waals surface area contributed by atoms with Gasteiger partial charge in [0.1, 0.15) is 0 Å². The summed E-state index contributed by atoms with van der Waals surface area (Å²) >= 11 is 0. The van der Waals surface area contributed by atoms with Crippen molar-refractivity contribution in [2.24, 2.45) is 11.7 Å². The Kier molecular flexibility index (Phi) is 5.98. The number of nitrogens with zero attached hydrogens (tertiary/aromatic N) is 3. The summed E-state index contributed by atoms with van der Waals surface area (Å²) in [4.78, 5) is 6.72. The van der Waals surface area contributed by atoms with Crippen molar-refractivity contribution < 1.29 is 4.52 Å². The Hall–Kier alpha value is -0.650. The van der Waals surface area contributed by atoms with Crippen LogP contribution in [0, 0.1) is 5.92 Å². The fraction of sp³-hybridized carbons (Fsp3) is 0.857. The van der Waals surface area contributed by atoms with Crippen molar-refractivity contribution in [2.75, 3.05) is 7.05 Å². The van der Waals surface area contributed by atoms with Crippen LogP contribution < -0.4 is 5.73 Å². The van der Waals surface area contributed by atoms with Gasteiger partial charge in [-0.3, -0.25) is 4.90 Å². The topological polar surface area (TPSA) is 68.2 Å². The molecule has 1 aromatic rings. The van der Waals surface area contributed by atoms with E-state index in [0.29, 0.717) is 24.3 Å². The van der Waals surface area contributed by atoms with Crippen LogP contribution in [0.2, 0.25) is 0 Å². The van der Waals surface area contributed by atoms with Gasteiger partial charge in [0.2, 0.25) is 5.89 Å². The van der Waals surface area contributed by atoms with E-state index < -0.39 is 5.54 Å². The fourth-order valence-corrected chi connectivity index (χ4v) is 2.73. The van der Waals surface area contributed by atoms with Crippen molar-refractivity contribution in [3.05, 3.63) is 11.7 Å². The molecule has 0 radical (unpaired) electrons. The van der Waals surface area contributed by atoms with Gasteiger partial charge in [0.05, 0.1) is 12.1 Å². The number of nitrogens with two attached hydrogens (primary N) is 1. The highest BCUT2D eigenvalue weighted by Gasteiger charge is 2.25. The van der Waals surface area contributed by atoms with Crippen molar-refractivity contribution in [2.45, 2.75) is 64.6 Å². The van der Waals surface area contributed by atoms with Gasteiger partial charge in [-0.25, -0.2) is 0 Å². The van der Waals surface area contributed by atoms with E-state index in [1.165, 1.54) is 25.7 Å². The standard InChI is InChI=1S/C14H26N4O.ClH/c1-10-6-5-7-11(8-10)18(4)9-12-16-13(17-19-12)14(2,3)15;/h10-11H,5-9,15H2,1-4H3;1H. The van der Waals surface area contributed by atoms with E-state index in [4.69, 9.17) is 10.3 Å². The molecule has 20 heavy (non-hydrogen) atoms. The van der Waals surface area contributed by atoms with Crippen LogP contribution in [0.25, 0.3) is 0 Å². The zero-order chi connectivity index (χ0) is 14.0. The number of hydrogen-bond donors (Lipinski definition) is 1. The Bertz CT molecular complexity index is 416. The van der Waals surface area contributed by atoms with Gasteiger partial charge in [0.25, 0.3) is 0 Å². The van der Waals surface area contributed by atoms with Gasteiger partial charge in [0.15, 0.2) is 5.82 Å². The predicted molar refractivity (Wildman–Crippen MR) is 81.6 cm³/mol. The molecule has 2 atom stereocenters. The Morgan fingerprint density at radius 1 is 1.40 bits per heavy atom. The van der Waals surface area contributed by atoms with E-state index in [0.717, 1.165) is 5.92 Å². The average molecular weight is 303 g/mol. The lowest BCUT2D eigenvalue weighted by Gasteiger charge is -2.33. The molecule has 0 amide bonds. The molecule has 1 saturated carbocycles. The van der Waals surface area contributed by atoms with E-state index in [-0.39, 0.29) is 12.4 Å². The first-order valence-corrected chi connectivity index (χ1v) is 7.18. The first kappa shape index (κ1) is 17.4. The maximum atomic E-state index is 5.96. The molecule has 116 valence electrons. The highest BCUT2D eigenvalue weighted by Crippen LogP contribution is 2.27. The zero-order valence-corrected chi connectivity index (χ0v) is 13.7. The highest BCUT2D eigenvalue weighted by atomic mass is 35.5. The first-order valence-electron chi connectivity index (χ1n) is 7.18. The van der Waals surface area contributed by atoms with Crippen LogP contribution >= 0.6 is 12.4 Å². The molecule has 0 aliphatic heterocycles. The molecular weight excluding hydrogens is 276 g/mol. The number of halogens is 1. The Labute approximate surface area is 127 Å². The molecule has 5 nitrogen and oxygen atoms in total. The van der Waals surface area contributed by atoms with Gasteiger partial charge < -0.3 is 10.3 Å². The Morgan fingerprint density at radius 3 is 2.65 bits per heavy atom. The monoisotopic (exact) mass is 302 g/mol. The molecule has 2 N–H and O–H groups in total. The smallest absolute Gasteiger partial charge is 0.240 e. The third-order valence-electron chi connectivity index (χ3n) is 3.96. The lowest BCUT2D eigenvalue weighted by molar-refractivity contribution is 0.143. The van der Waals surface area contributed by atoms with Gasteiger partial charge in [0, 0.05) is 6.04 Å². The molecule has 0 spiro atoms. The number of rotatable bonds is 4. The Morgan fingerprint density at radius 2 is 2.10 bits per heavy atom. The molecule has 6 heteroatoms. The molecule has 1 fully saturated rings. The van der Waals surface area contributed by atoms with E-state index in [9.17, 15) is 0 Å². The molecule has 0 saturated heterocycles. The molecule has 0 bridgehead atoms. The van der Waals surface area contributed by atoms with Crippen LogP contribution in [0.3, 0.4) is 0 Å². The minimum Gasteiger partial charge on any atom is -0.338 e. The van der Waals surface area contributed by atoms with Crippen LogP contribution in [0.1, 0.15) is 58.2 Å². The van der Waals surface area contributed by atoms with Crippen molar-refractivity contribution >= 4 is 12.4 Å². The molecule has 1 heterocycles. The van der Waals surface area contributed by atoms with Crippen LogP contribution in [0.4, 0.5) is 0 Å². The van der Waals surface area contributed by atoms with Crippen LogP contribution in [0.5, 0.6) is 0 Å². The summed E-state index contributed by atoms with van der Waals surface area (Å²) in [7, 11) is 2.14. The average Bonchev–Trinajstić information content (AvgIpc) is 2.77. The molecule has 2 unspecified atom stereocenters. The lowest BCUT2D eigenvalue weighted by atomic mass is 9.86. The summed E-state index contributed by atoms with van der Waals surface area (Å²) in [6.45, 7) is 6.81. The third-order valence-corrected chi connectivity index (χ3v) is 3.96. The largest absolute Gasteiger partial charge is 0.338 e. The minimum atomic E-state index is -0.542. The second kappa shape index (κ2) is 6.87. The molecular formula is C14H27ClN4O. The third kappa shape index (κ3) is 4.43. The SMILES string of the molecule is CC1CCCC(N(C)Cc2nc(C(C)(C)N)no2)C1.Cl. The molecule has 0 aromatic carbocycles. The fourth-order valence-electron chi connectivity index (χ4n) is 2.73. The highest BCUT2D eigenvalue weighted by molar-refractivity contribution is 5.85. The second-order valence-electron chi connectivity index (χ2n) is 6.57. The van der Waals surface area contributed by atoms with Gasteiger partial charge in [-0.15, -0.1) is 12.4 Å². The first-order chi connectivity index (χ1) is 8.86. The minimum absolute atomic E-state index is 0. The van der Waals surface area contributed by atoms with Gasteiger partial charge in [-0.2, -0.15) is 4.98 Å². The Balaban J connectivity index is 0.00000200. The van der Waals surface area contributed by atoms with Gasteiger partial charge in [-0.05, 0) is 39.7 Å². The normalized spacial score (nSPS) is 23.7. The number of hydrogen-bond acceptors (Lipinski definition) is 5. The zero-order valence-electron chi connectivity index (χ0n) is 12.9. The maximum absolute atomic E-state index is 5.96. The van der Waals surface area contributed by atoms with Gasteiger partial charge in [-0.1, -0.05) is 24.9 Å².